The fourth-order valence-corrected chi connectivity index (χ4v) is 3.06. The minimum atomic E-state index is -0.549. The Kier molecular flexibility index (Phi) is 7.57. The topological polar surface area (TPSA) is 91.4 Å². The first-order valence-electron chi connectivity index (χ1n) is 9.02. The lowest BCUT2D eigenvalue weighted by molar-refractivity contribution is 0.0525. The predicted molar refractivity (Wildman–Crippen MR) is 110 cm³/mol. The largest absolute Gasteiger partial charge is 0.453 e. The second-order valence-corrected chi connectivity index (χ2v) is 8.01. The molecule has 2 aromatic rings. The average molecular weight is 429 g/mol. The summed E-state index contributed by atoms with van der Waals surface area (Å²) in [4.78, 5) is 11.8. The van der Waals surface area contributed by atoms with Crippen LogP contribution in [0.4, 0.5) is 4.79 Å². The normalized spacial score (nSPS) is 11.4. The number of ether oxygens (including phenoxy) is 2. The van der Waals surface area contributed by atoms with E-state index in [0.717, 1.165) is 11.4 Å². The van der Waals surface area contributed by atoms with Crippen molar-refractivity contribution < 1.29 is 14.3 Å². The molecule has 0 fully saturated rings. The molecule has 1 heterocycles. The summed E-state index contributed by atoms with van der Waals surface area (Å²) in [5, 5.41) is 8.23. The number of hydrogen-bond acceptors (Lipinski definition) is 5. The highest BCUT2D eigenvalue weighted by Gasteiger charge is 2.19. The fourth-order valence-electron chi connectivity index (χ4n) is 2.55. The standard InChI is InChI=1S/C19H26Cl2N4O3/c1-5-15-17(27-14-9-12(20)8-13(21)10-14)16(11-22)25(24-15)7-6-23-18(26)28-19(2,3)4/h8-10H,5-7,11,22H2,1-4H3,(H,23,26). The molecule has 0 radical (unpaired) electrons. The minimum absolute atomic E-state index is 0.225. The van der Waals surface area contributed by atoms with Crippen LogP contribution in [0, 0.1) is 0 Å². The number of nitrogens with one attached hydrogen (secondary N) is 1. The van der Waals surface area contributed by atoms with Crippen LogP contribution in [-0.2, 0) is 24.2 Å². The van der Waals surface area contributed by atoms with Crippen LogP contribution in [0.3, 0.4) is 0 Å². The van der Waals surface area contributed by atoms with E-state index in [1.165, 1.54) is 0 Å². The molecule has 0 aliphatic carbocycles. The monoisotopic (exact) mass is 428 g/mol. The number of rotatable bonds is 7. The highest BCUT2D eigenvalue weighted by molar-refractivity contribution is 6.34. The molecule has 0 saturated heterocycles. The van der Waals surface area contributed by atoms with Gasteiger partial charge in [0.2, 0.25) is 0 Å². The molecule has 7 nitrogen and oxygen atoms in total. The van der Waals surface area contributed by atoms with Gasteiger partial charge in [-0.1, -0.05) is 30.1 Å². The summed E-state index contributed by atoms with van der Waals surface area (Å²) in [5.74, 6) is 1.09. The zero-order valence-electron chi connectivity index (χ0n) is 16.5. The Morgan fingerprint density at radius 3 is 2.43 bits per heavy atom. The highest BCUT2D eigenvalue weighted by Crippen LogP contribution is 2.32. The third-order valence-corrected chi connectivity index (χ3v) is 4.09. The van der Waals surface area contributed by atoms with Gasteiger partial charge >= 0.3 is 6.09 Å². The van der Waals surface area contributed by atoms with Crippen molar-refractivity contribution in [2.24, 2.45) is 5.73 Å². The zero-order valence-corrected chi connectivity index (χ0v) is 18.0. The lowest BCUT2D eigenvalue weighted by Crippen LogP contribution is -2.34. The van der Waals surface area contributed by atoms with E-state index in [1.807, 2.05) is 27.7 Å². The molecule has 3 N–H and O–H groups in total. The molecule has 2 rings (SSSR count). The first-order valence-corrected chi connectivity index (χ1v) is 9.78. The number of alkyl carbamates (subject to hydrolysis) is 1. The number of carbonyl (C=O) groups is 1. The lowest BCUT2D eigenvalue weighted by atomic mass is 10.2. The molecule has 0 bridgehead atoms. The maximum atomic E-state index is 11.8. The Morgan fingerprint density at radius 1 is 1.25 bits per heavy atom. The van der Waals surface area contributed by atoms with Crippen LogP contribution in [0.1, 0.15) is 39.1 Å². The Hall–Kier alpha value is -1.96. The number of amides is 1. The summed E-state index contributed by atoms with van der Waals surface area (Å²) in [6.45, 7) is 8.41. The number of halogens is 2. The minimum Gasteiger partial charge on any atom is -0.453 e. The SMILES string of the molecule is CCc1nn(CCNC(=O)OC(C)(C)C)c(CN)c1Oc1cc(Cl)cc(Cl)c1. The average Bonchev–Trinajstić information content (AvgIpc) is 2.88. The summed E-state index contributed by atoms with van der Waals surface area (Å²) in [7, 11) is 0. The van der Waals surface area contributed by atoms with E-state index in [0.29, 0.717) is 41.1 Å². The van der Waals surface area contributed by atoms with Crippen molar-refractivity contribution in [1.29, 1.82) is 0 Å². The first-order chi connectivity index (χ1) is 13.1. The second-order valence-electron chi connectivity index (χ2n) is 7.14. The van der Waals surface area contributed by atoms with Crippen molar-refractivity contribution in [1.82, 2.24) is 15.1 Å². The molecule has 154 valence electrons. The quantitative estimate of drug-likeness (QED) is 0.675. The van der Waals surface area contributed by atoms with Crippen LogP contribution in [-0.4, -0.2) is 28.0 Å². The summed E-state index contributed by atoms with van der Waals surface area (Å²) in [6.07, 6.45) is 0.179. The summed E-state index contributed by atoms with van der Waals surface area (Å²) < 4.78 is 13.0. The maximum Gasteiger partial charge on any atom is 0.407 e. The van der Waals surface area contributed by atoms with Gasteiger partial charge in [-0.3, -0.25) is 4.68 Å². The van der Waals surface area contributed by atoms with Gasteiger partial charge in [0, 0.05) is 23.1 Å². The number of aryl methyl sites for hydroxylation is 1. The van der Waals surface area contributed by atoms with Gasteiger partial charge in [-0.2, -0.15) is 5.10 Å². The second kappa shape index (κ2) is 9.49. The van der Waals surface area contributed by atoms with E-state index < -0.39 is 11.7 Å². The van der Waals surface area contributed by atoms with E-state index in [1.54, 1.807) is 22.9 Å². The van der Waals surface area contributed by atoms with Crippen molar-refractivity contribution in [2.45, 2.75) is 52.8 Å². The van der Waals surface area contributed by atoms with Crippen molar-refractivity contribution >= 4 is 29.3 Å². The third-order valence-electron chi connectivity index (χ3n) is 3.65. The molecule has 1 aromatic heterocycles. The molecule has 1 amide bonds. The van der Waals surface area contributed by atoms with Crippen LogP contribution >= 0.6 is 23.2 Å². The smallest absolute Gasteiger partial charge is 0.407 e. The van der Waals surface area contributed by atoms with Crippen LogP contribution in [0.25, 0.3) is 0 Å². The van der Waals surface area contributed by atoms with Crippen LogP contribution in [0.5, 0.6) is 11.5 Å². The number of nitrogens with two attached hydrogens (primary N) is 1. The first kappa shape index (κ1) is 22.3. The molecule has 1 aromatic carbocycles. The van der Waals surface area contributed by atoms with Gasteiger partial charge in [0.15, 0.2) is 5.75 Å². The molecule has 0 unspecified atom stereocenters. The van der Waals surface area contributed by atoms with Crippen molar-refractivity contribution in [3.63, 3.8) is 0 Å². The molecule has 28 heavy (non-hydrogen) atoms. The highest BCUT2D eigenvalue weighted by atomic mass is 35.5. The Bertz CT molecular complexity index is 811. The van der Waals surface area contributed by atoms with Gasteiger partial charge < -0.3 is 20.5 Å². The predicted octanol–water partition coefficient (Wildman–Crippen LogP) is 4.53. The summed E-state index contributed by atoms with van der Waals surface area (Å²) in [6, 6.07) is 4.98. The van der Waals surface area contributed by atoms with Crippen molar-refractivity contribution in [2.75, 3.05) is 6.54 Å². The van der Waals surface area contributed by atoms with Crippen LogP contribution < -0.4 is 15.8 Å². The Morgan fingerprint density at radius 2 is 1.89 bits per heavy atom. The van der Waals surface area contributed by atoms with Crippen molar-refractivity contribution in [3.8, 4) is 11.5 Å². The van der Waals surface area contributed by atoms with Gasteiger partial charge in [0.05, 0.1) is 12.2 Å². The Labute approximate surface area is 175 Å². The van der Waals surface area contributed by atoms with Crippen molar-refractivity contribution in [3.05, 3.63) is 39.6 Å². The van der Waals surface area contributed by atoms with E-state index >= 15 is 0 Å². The van der Waals surface area contributed by atoms with Gasteiger partial charge in [0.25, 0.3) is 0 Å². The van der Waals surface area contributed by atoms with E-state index in [9.17, 15) is 4.79 Å². The molecular formula is C19H26Cl2N4O3. The number of carbonyl (C=O) groups excluding carboxylic acids is 1. The van der Waals surface area contributed by atoms with Gasteiger partial charge in [-0.25, -0.2) is 4.79 Å². The Balaban J connectivity index is 2.15. The molecule has 0 aliphatic rings. The fraction of sp³-hybridized carbons (Fsp3) is 0.474. The maximum absolute atomic E-state index is 11.8. The molecule has 0 spiro atoms. The number of hydrogen-bond donors (Lipinski definition) is 2. The third kappa shape index (κ3) is 6.29. The van der Waals surface area contributed by atoms with Crippen LogP contribution in [0.15, 0.2) is 18.2 Å². The van der Waals surface area contributed by atoms with Gasteiger partial charge in [0.1, 0.15) is 17.0 Å². The van der Waals surface area contributed by atoms with Crippen LogP contribution in [0.2, 0.25) is 10.0 Å². The molecule has 0 aliphatic heterocycles. The number of nitrogens with zero attached hydrogens (tertiary/aromatic N) is 2. The summed E-state index contributed by atoms with van der Waals surface area (Å²) >= 11 is 12.1. The van der Waals surface area contributed by atoms with Gasteiger partial charge in [-0.05, 0) is 45.4 Å². The number of benzene rings is 1. The molecule has 0 atom stereocenters. The van der Waals surface area contributed by atoms with Gasteiger partial charge in [-0.15, -0.1) is 0 Å². The molecule has 9 heteroatoms. The molecule has 0 saturated carbocycles. The lowest BCUT2D eigenvalue weighted by Gasteiger charge is -2.19. The van der Waals surface area contributed by atoms with E-state index in [-0.39, 0.29) is 6.54 Å². The zero-order chi connectivity index (χ0) is 20.9. The van der Waals surface area contributed by atoms with E-state index in [2.05, 4.69) is 10.4 Å². The number of aromatic nitrogens is 2. The summed E-state index contributed by atoms with van der Waals surface area (Å²) in [5.41, 5.74) is 6.87. The van der Waals surface area contributed by atoms with E-state index in [4.69, 9.17) is 38.4 Å². The molecular weight excluding hydrogens is 403 g/mol.